The number of likely N-dealkylation sites (N-methyl/N-ethyl adjacent to an activating group) is 1. The Kier molecular flexibility index (Phi) is 4.47. The smallest absolute Gasteiger partial charge is 0.310 e. The Hall–Kier alpha value is -3.22. The third-order valence-corrected chi connectivity index (χ3v) is 4.07. The largest absolute Gasteiger partial charge is 0.344 e. The Balaban J connectivity index is 1.65. The van der Waals surface area contributed by atoms with Gasteiger partial charge in [-0.05, 0) is 12.1 Å². The van der Waals surface area contributed by atoms with E-state index < -0.39 is 23.7 Å². The fourth-order valence-corrected chi connectivity index (χ4v) is 2.72. The van der Waals surface area contributed by atoms with Crippen molar-refractivity contribution in [3.8, 4) is 0 Å². The van der Waals surface area contributed by atoms with Gasteiger partial charge in [-0.3, -0.25) is 14.4 Å². The molecule has 1 heterocycles. The van der Waals surface area contributed by atoms with Crippen LogP contribution < -0.4 is 15.5 Å². The second kappa shape index (κ2) is 6.72. The van der Waals surface area contributed by atoms with Gasteiger partial charge in [-0.2, -0.15) is 0 Å². The standard InChI is InChI=1S/C18H16FN3O3/c1-22-14-9-5-3-7-12(14)15(18(22)25)21-17(24)16(23)20-10-11-6-2-4-8-13(11)19/h2-9,15H,10H2,1H3,(H,20,23)(H,21,24). The number of anilines is 1. The maximum absolute atomic E-state index is 13.5. The van der Waals surface area contributed by atoms with Crippen LogP contribution in [0.15, 0.2) is 48.5 Å². The molecule has 0 saturated carbocycles. The number of carbonyl (C=O) groups excluding carboxylic acids is 3. The van der Waals surface area contributed by atoms with E-state index in [2.05, 4.69) is 10.6 Å². The van der Waals surface area contributed by atoms with Crippen LogP contribution in [0.1, 0.15) is 17.2 Å². The summed E-state index contributed by atoms with van der Waals surface area (Å²) in [5.74, 6) is -2.66. The van der Waals surface area contributed by atoms with E-state index in [9.17, 15) is 18.8 Å². The molecule has 2 N–H and O–H groups in total. The Bertz CT molecular complexity index is 853. The third-order valence-electron chi connectivity index (χ3n) is 4.07. The van der Waals surface area contributed by atoms with Gasteiger partial charge in [0.25, 0.3) is 5.91 Å². The molecule has 6 nitrogen and oxygen atoms in total. The molecule has 3 amide bonds. The highest BCUT2D eigenvalue weighted by Crippen LogP contribution is 2.34. The van der Waals surface area contributed by atoms with Crippen LogP contribution in [0.2, 0.25) is 0 Å². The number of para-hydroxylation sites is 1. The lowest BCUT2D eigenvalue weighted by molar-refractivity contribution is -0.140. The van der Waals surface area contributed by atoms with Crippen molar-refractivity contribution < 1.29 is 18.8 Å². The molecule has 1 aliphatic rings. The van der Waals surface area contributed by atoms with Crippen molar-refractivity contribution in [2.24, 2.45) is 0 Å². The van der Waals surface area contributed by atoms with Gasteiger partial charge < -0.3 is 15.5 Å². The van der Waals surface area contributed by atoms with E-state index in [1.807, 2.05) is 0 Å². The predicted molar refractivity (Wildman–Crippen MR) is 89.0 cm³/mol. The van der Waals surface area contributed by atoms with E-state index in [0.29, 0.717) is 11.3 Å². The summed E-state index contributed by atoms with van der Waals surface area (Å²) in [6.45, 7) is -0.117. The quantitative estimate of drug-likeness (QED) is 0.826. The van der Waals surface area contributed by atoms with Gasteiger partial charge in [-0.15, -0.1) is 0 Å². The first kappa shape index (κ1) is 16.6. The van der Waals surface area contributed by atoms with Gasteiger partial charge in [0.1, 0.15) is 11.9 Å². The van der Waals surface area contributed by atoms with Gasteiger partial charge in [-0.1, -0.05) is 36.4 Å². The van der Waals surface area contributed by atoms with E-state index in [0.717, 1.165) is 0 Å². The molecule has 1 atom stereocenters. The number of halogens is 1. The van der Waals surface area contributed by atoms with Crippen LogP contribution in [0, 0.1) is 5.82 Å². The minimum absolute atomic E-state index is 0.117. The van der Waals surface area contributed by atoms with Crippen molar-refractivity contribution in [1.82, 2.24) is 10.6 Å². The first-order valence-electron chi connectivity index (χ1n) is 7.67. The van der Waals surface area contributed by atoms with Gasteiger partial charge >= 0.3 is 11.8 Å². The SMILES string of the molecule is CN1C(=O)C(NC(=O)C(=O)NCc2ccccc2F)c2ccccc21. The second-order valence-electron chi connectivity index (χ2n) is 5.64. The highest BCUT2D eigenvalue weighted by molar-refractivity contribution is 6.35. The molecule has 128 valence electrons. The fraction of sp³-hybridized carbons (Fsp3) is 0.167. The maximum atomic E-state index is 13.5. The van der Waals surface area contributed by atoms with Crippen LogP contribution in [-0.2, 0) is 20.9 Å². The van der Waals surface area contributed by atoms with Gasteiger partial charge in [-0.25, -0.2) is 4.39 Å². The molecule has 0 fully saturated rings. The number of benzene rings is 2. The second-order valence-corrected chi connectivity index (χ2v) is 5.64. The molecular weight excluding hydrogens is 325 g/mol. The number of hydrogen-bond donors (Lipinski definition) is 2. The molecular formula is C18H16FN3O3. The van der Waals surface area contributed by atoms with Crippen molar-refractivity contribution in [1.29, 1.82) is 0 Å². The van der Waals surface area contributed by atoms with Crippen molar-refractivity contribution >= 4 is 23.4 Å². The number of amides is 3. The van der Waals surface area contributed by atoms with E-state index in [-0.39, 0.29) is 18.0 Å². The zero-order valence-corrected chi connectivity index (χ0v) is 13.5. The van der Waals surface area contributed by atoms with Crippen LogP contribution in [0.5, 0.6) is 0 Å². The molecule has 0 saturated heterocycles. The summed E-state index contributed by atoms with van der Waals surface area (Å²) in [6.07, 6.45) is 0. The molecule has 0 bridgehead atoms. The molecule has 7 heteroatoms. The summed E-state index contributed by atoms with van der Waals surface area (Å²) < 4.78 is 13.5. The number of hydrogen-bond acceptors (Lipinski definition) is 3. The van der Waals surface area contributed by atoms with Crippen LogP contribution in [0.3, 0.4) is 0 Å². The zero-order chi connectivity index (χ0) is 18.0. The zero-order valence-electron chi connectivity index (χ0n) is 13.5. The summed E-state index contributed by atoms with van der Waals surface area (Å²) >= 11 is 0. The van der Waals surface area contributed by atoms with Crippen LogP contribution in [0.25, 0.3) is 0 Å². The van der Waals surface area contributed by atoms with E-state index >= 15 is 0 Å². The van der Waals surface area contributed by atoms with Crippen LogP contribution >= 0.6 is 0 Å². The van der Waals surface area contributed by atoms with Crippen molar-refractivity contribution in [3.05, 3.63) is 65.5 Å². The Labute approximate surface area is 143 Å². The average Bonchev–Trinajstić information content (AvgIpc) is 2.86. The molecule has 0 radical (unpaired) electrons. The molecule has 0 aliphatic carbocycles. The molecule has 1 aliphatic heterocycles. The van der Waals surface area contributed by atoms with Gasteiger partial charge in [0.05, 0.1) is 0 Å². The van der Waals surface area contributed by atoms with Crippen LogP contribution in [0.4, 0.5) is 10.1 Å². The topological polar surface area (TPSA) is 78.5 Å². The molecule has 0 spiro atoms. The fourth-order valence-electron chi connectivity index (χ4n) is 2.72. The van der Waals surface area contributed by atoms with E-state index in [1.165, 1.54) is 23.1 Å². The summed E-state index contributed by atoms with van der Waals surface area (Å²) in [6, 6.07) is 12.1. The first-order valence-corrected chi connectivity index (χ1v) is 7.67. The highest BCUT2D eigenvalue weighted by atomic mass is 19.1. The first-order chi connectivity index (χ1) is 12.0. The summed E-state index contributed by atoms with van der Waals surface area (Å²) in [5, 5.41) is 4.78. The number of carbonyl (C=O) groups is 3. The number of fused-ring (bicyclic) bond motifs is 1. The minimum atomic E-state index is -0.945. The van der Waals surface area contributed by atoms with Gasteiger partial charge in [0.15, 0.2) is 0 Å². The Morgan fingerprint density at radius 2 is 1.76 bits per heavy atom. The summed E-state index contributed by atoms with van der Waals surface area (Å²) in [4.78, 5) is 37.7. The molecule has 0 aromatic heterocycles. The maximum Gasteiger partial charge on any atom is 0.310 e. The van der Waals surface area contributed by atoms with Crippen molar-refractivity contribution in [2.45, 2.75) is 12.6 Å². The predicted octanol–water partition coefficient (Wildman–Crippen LogP) is 1.28. The van der Waals surface area contributed by atoms with Crippen molar-refractivity contribution in [2.75, 3.05) is 11.9 Å². The van der Waals surface area contributed by atoms with E-state index in [4.69, 9.17) is 0 Å². The minimum Gasteiger partial charge on any atom is -0.344 e. The monoisotopic (exact) mass is 341 g/mol. The lowest BCUT2D eigenvalue weighted by atomic mass is 10.1. The number of nitrogens with zero attached hydrogens (tertiary/aromatic N) is 1. The van der Waals surface area contributed by atoms with Crippen LogP contribution in [-0.4, -0.2) is 24.8 Å². The summed E-state index contributed by atoms with van der Waals surface area (Å²) in [7, 11) is 1.60. The number of rotatable bonds is 3. The molecule has 1 unspecified atom stereocenters. The molecule has 25 heavy (non-hydrogen) atoms. The van der Waals surface area contributed by atoms with Gasteiger partial charge in [0.2, 0.25) is 0 Å². The lowest BCUT2D eigenvalue weighted by Gasteiger charge is -2.13. The number of nitrogens with one attached hydrogen (secondary N) is 2. The summed E-state index contributed by atoms with van der Waals surface area (Å²) in [5.41, 5.74) is 1.58. The molecule has 2 aromatic carbocycles. The molecule has 2 aromatic rings. The highest BCUT2D eigenvalue weighted by Gasteiger charge is 2.36. The van der Waals surface area contributed by atoms with Gasteiger partial charge in [0, 0.05) is 30.4 Å². The Morgan fingerprint density at radius 1 is 1.08 bits per heavy atom. The normalized spacial score (nSPS) is 15.7. The van der Waals surface area contributed by atoms with Crippen molar-refractivity contribution in [3.63, 3.8) is 0 Å². The van der Waals surface area contributed by atoms with E-state index in [1.54, 1.807) is 37.4 Å². The Morgan fingerprint density at radius 3 is 2.52 bits per heavy atom. The third kappa shape index (κ3) is 3.21. The average molecular weight is 341 g/mol. The lowest BCUT2D eigenvalue weighted by Crippen LogP contribution is -2.43. The molecule has 3 rings (SSSR count).